The standard InChI is InChI=1S/C11H22BrNO/c1-11(2,3)9-13(4)10(14)7-5-6-8-12/h5-9H2,1-4H3. The number of unbranched alkanes of at least 4 members (excludes halogenated alkanes) is 1. The number of alkyl halides is 1. The maximum Gasteiger partial charge on any atom is 0.222 e. The molecule has 0 aromatic heterocycles. The van der Waals surface area contributed by atoms with Gasteiger partial charge in [-0.25, -0.2) is 0 Å². The van der Waals surface area contributed by atoms with E-state index in [1.807, 2.05) is 11.9 Å². The average molecular weight is 264 g/mol. The molecule has 0 aliphatic heterocycles. The Kier molecular flexibility index (Phi) is 6.41. The third-order valence-electron chi connectivity index (χ3n) is 1.91. The van der Waals surface area contributed by atoms with Crippen molar-refractivity contribution in [2.24, 2.45) is 5.41 Å². The molecule has 3 heteroatoms. The number of carbonyl (C=O) groups excluding carboxylic acids is 1. The van der Waals surface area contributed by atoms with Gasteiger partial charge in [0.1, 0.15) is 0 Å². The molecule has 0 fully saturated rings. The molecular weight excluding hydrogens is 242 g/mol. The summed E-state index contributed by atoms with van der Waals surface area (Å²) in [5.74, 6) is 0.265. The van der Waals surface area contributed by atoms with Crippen molar-refractivity contribution in [1.82, 2.24) is 4.90 Å². The Morgan fingerprint density at radius 1 is 1.29 bits per heavy atom. The summed E-state index contributed by atoms with van der Waals surface area (Å²) in [6, 6.07) is 0. The van der Waals surface area contributed by atoms with Crippen LogP contribution in [0.3, 0.4) is 0 Å². The zero-order valence-electron chi connectivity index (χ0n) is 9.77. The largest absolute Gasteiger partial charge is 0.345 e. The number of amides is 1. The van der Waals surface area contributed by atoms with Gasteiger partial charge in [0.05, 0.1) is 0 Å². The molecule has 2 nitrogen and oxygen atoms in total. The minimum Gasteiger partial charge on any atom is -0.345 e. The fraction of sp³-hybridized carbons (Fsp3) is 0.909. The summed E-state index contributed by atoms with van der Waals surface area (Å²) in [7, 11) is 1.89. The van der Waals surface area contributed by atoms with Crippen molar-refractivity contribution in [2.75, 3.05) is 18.9 Å². The lowest BCUT2D eigenvalue weighted by Gasteiger charge is -2.26. The van der Waals surface area contributed by atoms with E-state index in [-0.39, 0.29) is 11.3 Å². The van der Waals surface area contributed by atoms with Crippen molar-refractivity contribution in [3.63, 3.8) is 0 Å². The number of nitrogens with zero attached hydrogens (tertiary/aromatic N) is 1. The molecule has 0 spiro atoms. The van der Waals surface area contributed by atoms with E-state index < -0.39 is 0 Å². The second-order valence-electron chi connectivity index (χ2n) is 4.96. The lowest BCUT2D eigenvalue weighted by atomic mass is 9.96. The van der Waals surface area contributed by atoms with Gasteiger partial charge in [-0.3, -0.25) is 4.79 Å². The van der Waals surface area contributed by atoms with Crippen LogP contribution in [0.2, 0.25) is 0 Å². The minimum absolute atomic E-state index is 0.194. The predicted octanol–water partition coefficient (Wildman–Crippen LogP) is 3.06. The van der Waals surface area contributed by atoms with Gasteiger partial charge in [-0.2, -0.15) is 0 Å². The fourth-order valence-electron chi connectivity index (χ4n) is 1.36. The molecule has 0 radical (unpaired) electrons. The van der Waals surface area contributed by atoms with Crippen LogP contribution in [0.15, 0.2) is 0 Å². The van der Waals surface area contributed by atoms with Gasteiger partial charge < -0.3 is 4.90 Å². The van der Waals surface area contributed by atoms with Crippen molar-refractivity contribution >= 4 is 21.8 Å². The second kappa shape index (κ2) is 6.44. The van der Waals surface area contributed by atoms with E-state index >= 15 is 0 Å². The van der Waals surface area contributed by atoms with E-state index in [1.165, 1.54) is 0 Å². The second-order valence-corrected chi connectivity index (χ2v) is 5.75. The Labute approximate surface area is 96.2 Å². The molecule has 0 N–H and O–H groups in total. The summed E-state index contributed by atoms with van der Waals surface area (Å²) in [6.07, 6.45) is 2.74. The molecule has 0 heterocycles. The van der Waals surface area contributed by atoms with Gasteiger partial charge in [0, 0.05) is 25.3 Å². The molecule has 0 saturated carbocycles. The minimum atomic E-state index is 0.194. The highest BCUT2D eigenvalue weighted by Gasteiger charge is 2.16. The first-order valence-corrected chi connectivity index (χ1v) is 6.29. The van der Waals surface area contributed by atoms with Crippen LogP contribution in [-0.2, 0) is 4.79 Å². The Balaban J connectivity index is 3.77. The third kappa shape index (κ3) is 7.36. The summed E-state index contributed by atoms with van der Waals surface area (Å²) in [5.41, 5.74) is 0.194. The van der Waals surface area contributed by atoms with Crippen LogP contribution in [0.5, 0.6) is 0 Å². The van der Waals surface area contributed by atoms with Crippen LogP contribution in [-0.4, -0.2) is 29.7 Å². The molecule has 84 valence electrons. The van der Waals surface area contributed by atoms with Gasteiger partial charge in [0.2, 0.25) is 5.91 Å². The van der Waals surface area contributed by atoms with Gasteiger partial charge in [-0.05, 0) is 18.3 Å². The van der Waals surface area contributed by atoms with Crippen LogP contribution in [0.25, 0.3) is 0 Å². The van der Waals surface area contributed by atoms with Gasteiger partial charge in [-0.15, -0.1) is 0 Å². The molecule has 0 rings (SSSR count). The van der Waals surface area contributed by atoms with Crippen molar-refractivity contribution in [2.45, 2.75) is 40.0 Å². The molecule has 1 amide bonds. The highest BCUT2D eigenvalue weighted by atomic mass is 79.9. The van der Waals surface area contributed by atoms with Crippen LogP contribution in [0, 0.1) is 5.41 Å². The van der Waals surface area contributed by atoms with Crippen molar-refractivity contribution < 1.29 is 4.79 Å². The zero-order chi connectivity index (χ0) is 11.2. The molecule has 0 bridgehead atoms. The van der Waals surface area contributed by atoms with Crippen molar-refractivity contribution in [3.05, 3.63) is 0 Å². The SMILES string of the molecule is CN(CC(C)(C)C)C(=O)CCCCBr. The van der Waals surface area contributed by atoms with Crippen LogP contribution < -0.4 is 0 Å². The molecule has 0 aliphatic rings. The summed E-state index contributed by atoms with van der Waals surface area (Å²) in [5, 5.41) is 0.989. The van der Waals surface area contributed by atoms with E-state index in [1.54, 1.807) is 0 Å². The van der Waals surface area contributed by atoms with E-state index in [4.69, 9.17) is 0 Å². The molecular formula is C11H22BrNO. The Morgan fingerprint density at radius 2 is 1.86 bits per heavy atom. The molecule has 0 aromatic carbocycles. The summed E-state index contributed by atoms with van der Waals surface area (Å²) in [6.45, 7) is 7.28. The smallest absolute Gasteiger partial charge is 0.222 e. The molecule has 0 atom stereocenters. The normalized spacial score (nSPS) is 11.5. The quantitative estimate of drug-likeness (QED) is 0.552. The number of hydrogen-bond donors (Lipinski definition) is 0. The van der Waals surface area contributed by atoms with E-state index in [0.717, 1.165) is 24.7 Å². The lowest BCUT2D eigenvalue weighted by molar-refractivity contribution is -0.131. The fourth-order valence-corrected chi connectivity index (χ4v) is 1.76. The number of rotatable bonds is 5. The first kappa shape index (κ1) is 13.9. The maximum absolute atomic E-state index is 11.6. The maximum atomic E-state index is 11.6. The molecule has 0 aliphatic carbocycles. The van der Waals surface area contributed by atoms with E-state index in [0.29, 0.717) is 6.42 Å². The highest BCUT2D eigenvalue weighted by molar-refractivity contribution is 9.09. The van der Waals surface area contributed by atoms with E-state index in [2.05, 4.69) is 36.7 Å². The van der Waals surface area contributed by atoms with Gasteiger partial charge >= 0.3 is 0 Å². The molecule has 0 saturated heterocycles. The zero-order valence-corrected chi connectivity index (χ0v) is 11.4. The van der Waals surface area contributed by atoms with Gasteiger partial charge in [0.25, 0.3) is 0 Å². The predicted molar refractivity (Wildman–Crippen MR) is 64.7 cm³/mol. The summed E-state index contributed by atoms with van der Waals surface area (Å²) >= 11 is 3.36. The van der Waals surface area contributed by atoms with Crippen LogP contribution in [0.1, 0.15) is 40.0 Å². The summed E-state index contributed by atoms with van der Waals surface area (Å²) in [4.78, 5) is 13.4. The van der Waals surface area contributed by atoms with Crippen molar-refractivity contribution in [3.8, 4) is 0 Å². The van der Waals surface area contributed by atoms with E-state index in [9.17, 15) is 4.79 Å². The highest BCUT2D eigenvalue weighted by Crippen LogP contribution is 2.15. The Bertz CT molecular complexity index is 175. The van der Waals surface area contributed by atoms with Gasteiger partial charge in [-0.1, -0.05) is 36.7 Å². The van der Waals surface area contributed by atoms with Crippen LogP contribution >= 0.6 is 15.9 Å². The molecule has 0 unspecified atom stereocenters. The number of carbonyl (C=O) groups is 1. The molecule has 14 heavy (non-hydrogen) atoms. The van der Waals surface area contributed by atoms with Crippen molar-refractivity contribution in [1.29, 1.82) is 0 Å². The first-order valence-electron chi connectivity index (χ1n) is 5.17. The topological polar surface area (TPSA) is 20.3 Å². The average Bonchev–Trinajstić information content (AvgIpc) is 2.01. The summed E-state index contributed by atoms with van der Waals surface area (Å²) < 4.78 is 0. The Morgan fingerprint density at radius 3 is 2.29 bits per heavy atom. The number of hydrogen-bond acceptors (Lipinski definition) is 1. The first-order chi connectivity index (χ1) is 6.37. The molecule has 0 aromatic rings. The third-order valence-corrected chi connectivity index (χ3v) is 2.47. The van der Waals surface area contributed by atoms with Gasteiger partial charge in [0.15, 0.2) is 0 Å². The monoisotopic (exact) mass is 263 g/mol. The lowest BCUT2D eigenvalue weighted by Crippen LogP contribution is -2.34. The van der Waals surface area contributed by atoms with Crippen LogP contribution in [0.4, 0.5) is 0 Å². The number of halogens is 1. The Hall–Kier alpha value is -0.0500.